The zero-order chi connectivity index (χ0) is 14.1. The molecule has 3 aromatic rings. The van der Waals surface area contributed by atoms with E-state index in [2.05, 4.69) is 38.1 Å². The van der Waals surface area contributed by atoms with Crippen LogP contribution in [0.5, 0.6) is 0 Å². The van der Waals surface area contributed by atoms with Crippen molar-refractivity contribution in [2.75, 3.05) is 6.54 Å². The Kier molecular flexibility index (Phi) is 3.16. The lowest BCUT2D eigenvalue weighted by Crippen LogP contribution is -2.24. The third-order valence-electron chi connectivity index (χ3n) is 4.30. The van der Waals surface area contributed by atoms with Crippen LogP contribution in [0.2, 0.25) is 0 Å². The summed E-state index contributed by atoms with van der Waals surface area (Å²) in [6.07, 6.45) is 9.75. The fourth-order valence-corrected chi connectivity index (χ4v) is 3.27. The first kappa shape index (κ1) is 12.5. The van der Waals surface area contributed by atoms with Gasteiger partial charge in [0.1, 0.15) is 0 Å². The molecule has 0 aromatic carbocycles. The lowest BCUT2D eigenvalue weighted by Gasteiger charge is -2.17. The number of aryl methyl sites for hydroxylation is 2. The van der Waals surface area contributed by atoms with Crippen molar-refractivity contribution in [1.82, 2.24) is 19.9 Å². The van der Waals surface area contributed by atoms with Gasteiger partial charge in [-0.25, -0.2) is 0 Å². The molecular formula is C17H18N4. The van der Waals surface area contributed by atoms with Gasteiger partial charge in [-0.2, -0.15) is 0 Å². The van der Waals surface area contributed by atoms with Gasteiger partial charge in [0, 0.05) is 55.7 Å². The molecule has 1 aliphatic rings. The third-order valence-corrected chi connectivity index (χ3v) is 4.30. The predicted octanol–water partition coefficient (Wildman–Crippen LogP) is 2.32. The molecule has 4 rings (SSSR count). The van der Waals surface area contributed by atoms with Crippen LogP contribution < -0.4 is 5.32 Å². The van der Waals surface area contributed by atoms with Crippen LogP contribution in [0.4, 0.5) is 0 Å². The van der Waals surface area contributed by atoms with Gasteiger partial charge in [-0.1, -0.05) is 0 Å². The Bertz CT molecular complexity index is 761. The van der Waals surface area contributed by atoms with Crippen molar-refractivity contribution in [3.63, 3.8) is 0 Å². The highest BCUT2D eigenvalue weighted by Crippen LogP contribution is 2.28. The van der Waals surface area contributed by atoms with E-state index in [0.29, 0.717) is 0 Å². The summed E-state index contributed by atoms with van der Waals surface area (Å²) in [5.41, 5.74) is 5.53. The highest BCUT2D eigenvalue weighted by molar-refractivity contribution is 5.85. The Hall–Kier alpha value is -2.20. The average molecular weight is 278 g/mol. The first-order valence-electron chi connectivity index (χ1n) is 7.47. The number of hydrogen-bond donors (Lipinski definition) is 1. The number of hydrogen-bond acceptors (Lipinski definition) is 3. The Balaban J connectivity index is 1.74. The number of pyridine rings is 2. The highest BCUT2D eigenvalue weighted by Gasteiger charge is 2.19. The van der Waals surface area contributed by atoms with Crippen LogP contribution in [0, 0.1) is 0 Å². The smallest absolute Gasteiger partial charge is 0.0672 e. The number of aromatic nitrogens is 3. The van der Waals surface area contributed by atoms with Crippen LogP contribution in [-0.2, 0) is 25.9 Å². The van der Waals surface area contributed by atoms with E-state index in [1.165, 1.54) is 27.7 Å². The van der Waals surface area contributed by atoms with Gasteiger partial charge in [0.25, 0.3) is 0 Å². The molecule has 0 bridgehead atoms. The molecular weight excluding hydrogens is 260 g/mol. The summed E-state index contributed by atoms with van der Waals surface area (Å²) in [5.74, 6) is 0. The Labute approximate surface area is 123 Å². The van der Waals surface area contributed by atoms with E-state index in [1.54, 1.807) is 0 Å². The standard InChI is InChI=1S/C17H18N4/c1-6-18-7-2-13(1)5-10-21-16-4-9-19-11-15(16)14-3-8-20-12-17(14)21/h1-3,6-8,12,19H,4-5,9-11H2. The summed E-state index contributed by atoms with van der Waals surface area (Å²) < 4.78 is 2.46. The van der Waals surface area contributed by atoms with E-state index in [0.717, 1.165) is 32.5 Å². The van der Waals surface area contributed by atoms with E-state index in [9.17, 15) is 0 Å². The predicted molar refractivity (Wildman–Crippen MR) is 83.1 cm³/mol. The van der Waals surface area contributed by atoms with Crippen molar-refractivity contribution in [3.8, 4) is 0 Å². The first-order chi connectivity index (χ1) is 10.4. The molecule has 0 fully saturated rings. The molecule has 0 radical (unpaired) electrons. The summed E-state index contributed by atoms with van der Waals surface area (Å²) in [6.45, 7) is 3.03. The van der Waals surface area contributed by atoms with Gasteiger partial charge in [-0.3, -0.25) is 9.97 Å². The van der Waals surface area contributed by atoms with Crippen LogP contribution in [0.3, 0.4) is 0 Å². The molecule has 0 spiro atoms. The van der Waals surface area contributed by atoms with Gasteiger partial charge < -0.3 is 9.88 Å². The Morgan fingerprint density at radius 2 is 1.95 bits per heavy atom. The van der Waals surface area contributed by atoms with Crippen LogP contribution >= 0.6 is 0 Å². The normalized spacial score (nSPS) is 14.3. The lowest BCUT2D eigenvalue weighted by molar-refractivity contribution is 0.594. The third kappa shape index (κ3) is 2.21. The molecule has 4 heteroatoms. The van der Waals surface area contributed by atoms with Gasteiger partial charge in [-0.05, 0) is 35.7 Å². The second kappa shape index (κ2) is 5.30. The molecule has 4 nitrogen and oxygen atoms in total. The Morgan fingerprint density at radius 3 is 2.86 bits per heavy atom. The SMILES string of the molecule is c1cc(CCn2c3c(c4ccncc42)CNCC3)ccn1. The zero-order valence-electron chi connectivity index (χ0n) is 11.9. The first-order valence-corrected chi connectivity index (χ1v) is 7.47. The van der Waals surface area contributed by atoms with E-state index in [1.807, 2.05) is 24.8 Å². The molecule has 0 unspecified atom stereocenters. The van der Waals surface area contributed by atoms with E-state index >= 15 is 0 Å². The second-order valence-electron chi connectivity index (χ2n) is 5.50. The fourth-order valence-electron chi connectivity index (χ4n) is 3.27. The monoisotopic (exact) mass is 278 g/mol. The number of nitrogens with zero attached hydrogens (tertiary/aromatic N) is 3. The molecule has 0 aliphatic carbocycles. The van der Waals surface area contributed by atoms with Crippen molar-refractivity contribution in [1.29, 1.82) is 0 Å². The van der Waals surface area contributed by atoms with Crippen molar-refractivity contribution >= 4 is 10.9 Å². The Morgan fingerprint density at radius 1 is 1.10 bits per heavy atom. The largest absolute Gasteiger partial charge is 0.343 e. The topological polar surface area (TPSA) is 42.7 Å². The van der Waals surface area contributed by atoms with Crippen LogP contribution in [0.15, 0.2) is 43.0 Å². The minimum Gasteiger partial charge on any atom is -0.343 e. The molecule has 3 aromatic heterocycles. The van der Waals surface area contributed by atoms with E-state index in [4.69, 9.17) is 0 Å². The number of fused-ring (bicyclic) bond motifs is 3. The maximum atomic E-state index is 4.32. The molecule has 21 heavy (non-hydrogen) atoms. The highest BCUT2D eigenvalue weighted by atomic mass is 15.0. The van der Waals surface area contributed by atoms with Gasteiger partial charge in [-0.15, -0.1) is 0 Å². The van der Waals surface area contributed by atoms with Gasteiger partial charge in [0.15, 0.2) is 0 Å². The van der Waals surface area contributed by atoms with E-state index < -0.39 is 0 Å². The average Bonchev–Trinajstić information content (AvgIpc) is 2.88. The van der Waals surface area contributed by atoms with Gasteiger partial charge in [0.05, 0.1) is 11.7 Å². The fraction of sp³-hybridized carbons (Fsp3) is 0.294. The summed E-state index contributed by atoms with van der Waals surface area (Å²) in [6, 6.07) is 6.33. The lowest BCUT2D eigenvalue weighted by atomic mass is 10.1. The molecule has 4 heterocycles. The zero-order valence-corrected chi connectivity index (χ0v) is 11.9. The van der Waals surface area contributed by atoms with Crippen molar-refractivity contribution in [2.45, 2.75) is 25.9 Å². The molecule has 0 amide bonds. The summed E-state index contributed by atoms with van der Waals surface area (Å²) in [7, 11) is 0. The molecule has 1 N–H and O–H groups in total. The summed E-state index contributed by atoms with van der Waals surface area (Å²) in [5, 5.41) is 4.83. The second-order valence-corrected chi connectivity index (χ2v) is 5.50. The van der Waals surface area contributed by atoms with Crippen molar-refractivity contribution in [3.05, 3.63) is 59.8 Å². The van der Waals surface area contributed by atoms with Crippen molar-refractivity contribution < 1.29 is 0 Å². The van der Waals surface area contributed by atoms with Crippen LogP contribution in [0.1, 0.15) is 16.8 Å². The quantitative estimate of drug-likeness (QED) is 0.799. The van der Waals surface area contributed by atoms with E-state index in [-0.39, 0.29) is 0 Å². The molecule has 0 atom stereocenters. The maximum Gasteiger partial charge on any atom is 0.0672 e. The summed E-state index contributed by atoms with van der Waals surface area (Å²) in [4.78, 5) is 8.41. The van der Waals surface area contributed by atoms with Crippen molar-refractivity contribution in [2.24, 2.45) is 0 Å². The van der Waals surface area contributed by atoms with Gasteiger partial charge >= 0.3 is 0 Å². The minimum atomic E-state index is 0.970. The molecule has 106 valence electrons. The van der Waals surface area contributed by atoms with Crippen LogP contribution in [-0.4, -0.2) is 21.1 Å². The number of nitrogens with one attached hydrogen (secondary N) is 1. The summed E-state index contributed by atoms with van der Waals surface area (Å²) >= 11 is 0. The van der Waals surface area contributed by atoms with Gasteiger partial charge in [0.2, 0.25) is 0 Å². The molecule has 0 saturated carbocycles. The maximum absolute atomic E-state index is 4.32. The minimum absolute atomic E-state index is 0.970. The van der Waals surface area contributed by atoms with Crippen LogP contribution in [0.25, 0.3) is 10.9 Å². The number of rotatable bonds is 3. The molecule has 1 aliphatic heterocycles. The molecule has 0 saturated heterocycles.